The van der Waals surface area contributed by atoms with Crippen molar-refractivity contribution in [2.24, 2.45) is 5.10 Å². The monoisotopic (exact) mass is 512 g/mol. The molecule has 0 radical (unpaired) electrons. The van der Waals surface area contributed by atoms with E-state index in [2.05, 4.69) is 15.1 Å². The van der Waals surface area contributed by atoms with Gasteiger partial charge in [0.05, 0.1) is 50.2 Å². The van der Waals surface area contributed by atoms with E-state index in [4.69, 9.17) is 9.15 Å². The summed E-state index contributed by atoms with van der Waals surface area (Å²) in [4.78, 5) is 35.5. The van der Waals surface area contributed by atoms with E-state index in [-0.39, 0.29) is 11.0 Å². The minimum Gasteiger partial charge on any atom is -0.497 e. The van der Waals surface area contributed by atoms with E-state index >= 15 is 0 Å². The summed E-state index contributed by atoms with van der Waals surface area (Å²) in [5.41, 5.74) is 4.12. The molecule has 3 heterocycles. The SMILES string of the molecule is COc1ccc2nc(N(/N=C/c3coc4ccccc4c3=O)C(=O)c3ccc4ncsc4c3)sc2c1. The number of para-hydroxylation sites is 1. The third kappa shape index (κ3) is 3.92. The van der Waals surface area contributed by atoms with Crippen molar-refractivity contribution in [1.82, 2.24) is 9.97 Å². The zero-order valence-electron chi connectivity index (χ0n) is 18.7. The molecule has 0 aliphatic carbocycles. The van der Waals surface area contributed by atoms with Gasteiger partial charge in [-0.2, -0.15) is 10.1 Å². The lowest BCUT2D eigenvalue weighted by Gasteiger charge is -2.13. The molecule has 0 bridgehead atoms. The number of anilines is 1. The zero-order chi connectivity index (χ0) is 24.6. The molecule has 0 saturated carbocycles. The molecule has 8 nitrogen and oxygen atoms in total. The Balaban J connectivity index is 1.45. The summed E-state index contributed by atoms with van der Waals surface area (Å²) in [6.07, 6.45) is 2.66. The summed E-state index contributed by atoms with van der Waals surface area (Å²) in [7, 11) is 1.59. The first kappa shape index (κ1) is 22.1. The van der Waals surface area contributed by atoms with Crippen LogP contribution in [0.4, 0.5) is 5.13 Å². The van der Waals surface area contributed by atoms with Crippen molar-refractivity contribution in [1.29, 1.82) is 0 Å². The fraction of sp³-hybridized carbons (Fsp3) is 0.0385. The lowest BCUT2D eigenvalue weighted by molar-refractivity contribution is 0.0988. The molecular weight excluding hydrogens is 496 g/mol. The third-order valence-electron chi connectivity index (χ3n) is 5.56. The van der Waals surface area contributed by atoms with Crippen molar-refractivity contribution < 1.29 is 13.9 Å². The average Bonchev–Trinajstić information content (AvgIpc) is 3.56. The maximum atomic E-state index is 13.7. The summed E-state index contributed by atoms with van der Waals surface area (Å²) in [6.45, 7) is 0. The Hall–Kier alpha value is -4.41. The quantitative estimate of drug-likeness (QED) is 0.217. The van der Waals surface area contributed by atoms with Crippen molar-refractivity contribution in [2.75, 3.05) is 12.1 Å². The molecule has 0 unspecified atom stereocenters. The van der Waals surface area contributed by atoms with Crippen LogP contribution in [0.25, 0.3) is 31.4 Å². The lowest BCUT2D eigenvalue weighted by Crippen LogP contribution is -2.26. The minimum atomic E-state index is -0.391. The smallest absolute Gasteiger partial charge is 0.280 e. The first-order valence-corrected chi connectivity index (χ1v) is 12.5. The molecule has 3 aromatic heterocycles. The predicted molar refractivity (Wildman–Crippen MR) is 143 cm³/mol. The van der Waals surface area contributed by atoms with Gasteiger partial charge in [-0.25, -0.2) is 9.97 Å². The third-order valence-corrected chi connectivity index (χ3v) is 7.34. The molecule has 0 aliphatic heterocycles. The largest absolute Gasteiger partial charge is 0.497 e. The van der Waals surface area contributed by atoms with E-state index in [1.807, 2.05) is 12.1 Å². The predicted octanol–water partition coefficient (Wildman–Crippen LogP) is 5.70. The second-order valence-electron chi connectivity index (χ2n) is 7.74. The Bertz CT molecular complexity index is 1850. The van der Waals surface area contributed by atoms with E-state index < -0.39 is 5.91 Å². The van der Waals surface area contributed by atoms with E-state index in [0.717, 1.165) is 14.9 Å². The number of carbonyl (C=O) groups excluding carboxylic acids is 1. The molecule has 36 heavy (non-hydrogen) atoms. The maximum absolute atomic E-state index is 13.7. The fourth-order valence-electron chi connectivity index (χ4n) is 3.71. The molecule has 3 aromatic carbocycles. The van der Waals surface area contributed by atoms with E-state index in [1.54, 1.807) is 61.2 Å². The topological polar surface area (TPSA) is 97.9 Å². The number of hydrogen-bond acceptors (Lipinski definition) is 9. The maximum Gasteiger partial charge on any atom is 0.280 e. The number of fused-ring (bicyclic) bond motifs is 3. The van der Waals surface area contributed by atoms with Gasteiger partial charge in [-0.05, 0) is 48.5 Å². The van der Waals surface area contributed by atoms with Crippen LogP contribution in [0.1, 0.15) is 15.9 Å². The Morgan fingerprint density at radius 3 is 2.83 bits per heavy atom. The van der Waals surface area contributed by atoms with Crippen LogP contribution in [0.15, 0.2) is 86.8 Å². The van der Waals surface area contributed by atoms with Gasteiger partial charge >= 0.3 is 0 Å². The minimum absolute atomic E-state index is 0.215. The number of methoxy groups -OCH3 is 1. The van der Waals surface area contributed by atoms with Crippen LogP contribution in [0.3, 0.4) is 0 Å². The number of rotatable bonds is 5. The van der Waals surface area contributed by atoms with Gasteiger partial charge in [-0.15, -0.1) is 11.3 Å². The number of carbonyl (C=O) groups is 1. The summed E-state index contributed by atoms with van der Waals surface area (Å²) in [6, 6.07) is 17.7. The van der Waals surface area contributed by atoms with Crippen molar-refractivity contribution in [3.63, 3.8) is 0 Å². The number of benzene rings is 3. The van der Waals surface area contributed by atoms with Crippen LogP contribution in [0.5, 0.6) is 5.75 Å². The zero-order valence-corrected chi connectivity index (χ0v) is 20.4. The number of nitrogens with zero attached hydrogens (tertiary/aromatic N) is 4. The Morgan fingerprint density at radius 1 is 1.08 bits per heavy atom. The number of aromatic nitrogens is 2. The fourth-order valence-corrected chi connectivity index (χ4v) is 5.38. The first-order chi connectivity index (χ1) is 17.6. The molecule has 0 aliphatic rings. The molecular formula is C26H16N4O4S2. The number of hydrazone groups is 1. The van der Waals surface area contributed by atoms with Crippen LogP contribution in [0, 0.1) is 0 Å². The molecule has 1 amide bonds. The highest BCUT2D eigenvalue weighted by molar-refractivity contribution is 7.22. The van der Waals surface area contributed by atoms with Crippen LogP contribution < -0.4 is 15.2 Å². The van der Waals surface area contributed by atoms with Gasteiger partial charge in [0, 0.05) is 5.56 Å². The van der Waals surface area contributed by atoms with Gasteiger partial charge in [-0.1, -0.05) is 23.5 Å². The molecule has 6 aromatic rings. The second kappa shape index (κ2) is 8.99. The van der Waals surface area contributed by atoms with Gasteiger partial charge in [0.1, 0.15) is 17.6 Å². The number of ether oxygens (including phenoxy) is 1. The molecule has 6 rings (SSSR count). The van der Waals surface area contributed by atoms with Crippen LogP contribution in [-0.2, 0) is 0 Å². The summed E-state index contributed by atoms with van der Waals surface area (Å²) in [5, 5.41) is 6.41. The van der Waals surface area contributed by atoms with Crippen molar-refractivity contribution in [3.05, 3.63) is 93.8 Å². The van der Waals surface area contributed by atoms with Crippen molar-refractivity contribution >= 4 is 71.3 Å². The number of hydrogen-bond donors (Lipinski definition) is 0. The van der Waals surface area contributed by atoms with Gasteiger partial charge < -0.3 is 9.15 Å². The van der Waals surface area contributed by atoms with Gasteiger partial charge in [0.15, 0.2) is 0 Å². The van der Waals surface area contributed by atoms with Crippen molar-refractivity contribution in [2.45, 2.75) is 0 Å². The molecule has 176 valence electrons. The van der Waals surface area contributed by atoms with Gasteiger partial charge in [0.2, 0.25) is 10.6 Å². The molecule has 0 saturated heterocycles. The number of thiazole rings is 2. The average molecular weight is 513 g/mol. The molecule has 0 fully saturated rings. The first-order valence-electron chi connectivity index (χ1n) is 10.8. The summed E-state index contributed by atoms with van der Waals surface area (Å²) in [5.74, 6) is 0.293. The van der Waals surface area contributed by atoms with Crippen molar-refractivity contribution in [3.8, 4) is 5.75 Å². The van der Waals surface area contributed by atoms with Gasteiger partial charge in [0.25, 0.3) is 5.91 Å². The van der Waals surface area contributed by atoms with E-state index in [1.165, 1.54) is 40.2 Å². The Morgan fingerprint density at radius 2 is 1.94 bits per heavy atom. The number of amides is 1. The standard InChI is InChI=1S/C26H16N4O4S2/c1-33-17-7-9-20-23(11-17)36-26(29-20)30(25(32)15-6-8-19-22(10-15)35-14-27-19)28-12-16-13-34-21-5-3-2-4-18(21)24(16)31/h2-14H,1H3/b28-12+. The molecule has 10 heteroatoms. The second-order valence-corrected chi connectivity index (χ2v) is 9.64. The summed E-state index contributed by atoms with van der Waals surface area (Å²) >= 11 is 2.74. The normalized spacial score (nSPS) is 11.6. The Labute approximate surface area is 211 Å². The van der Waals surface area contributed by atoms with Crippen LogP contribution in [-0.4, -0.2) is 29.2 Å². The van der Waals surface area contributed by atoms with E-state index in [9.17, 15) is 9.59 Å². The highest BCUT2D eigenvalue weighted by Crippen LogP contribution is 2.33. The van der Waals surface area contributed by atoms with E-state index in [0.29, 0.717) is 32.9 Å². The molecule has 0 N–H and O–H groups in total. The van der Waals surface area contributed by atoms with Crippen LogP contribution >= 0.6 is 22.7 Å². The molecule has 0 atom stereocenters. The highest BCUT2D eigenvalue weighted by atomic mass is 32.1. The Kier molecular flexibility index (Phi) is 5.51. The van der Waals surface area contributed by atoms with Gasteiger partial charge in [-0.3, -0.25) is 9.59 Å². The highest BCUT2D eigenvalue weighted by Gasteiger charge is 2.22. The summed E-state index contributed by atoms with van der Waals surface area (Å²) < 4.78 is 12.6. The molecule has 0 spiro atoms. The van der Waals surface area contributed by atoms with Crippen LogP contribution in [0.2, 0.25) is 0 Å². The lowest BCUT2D eigenvalue weighted by atomic mass is 10.2.